The Morgan fingerprint density at radius 1 is 1.09 bits per heavy atom. The molecule has 10 nitrogen and oxygen atoms in total. The topological polar surface area (TPSA) is 146 Å². The molecule has 11 heteroatoms. The Bertz CT molecular complexity index is 1070. The van der Waals surface area contributed by atoms with Gasteiger partial charge in [-0.25, -0.2) is 4.79 Å². The van der Waals surface area contributed by atoms with Crippen molar-refractivity contribution in [3.05, 3.63) is 59.0 Å². The summed E-state index contributed by atoms with van der Waals surface area (Å²) >= 11 is 0.989. The lowest BCUT2D eigenvalue weighted by Crippen LogP contribution is -2.33. The first-order valence-electron chi connectivity index (χ1n) is 10.6. The summed E-state index contributed by atoms with van der Waals surface area (Å²) in [5, 5.41) is 17.2. The number of hydrogen-bond donors (Lipinski definition) is 3. The highest BCUT2D eigenvalue weighted by molar-refractivity contribution is 7.08. The number of nitrogens with one attached hydrogen (secondary N) is 1. The van der Waals surface area contributed by atoms with Gasteiger partial charge < -0.3 is 30.4 Å². The molecule has 0 saturated heterocycles. The fourth-order valence-electron chi connectivity index (χ4n) is 2.90. The number of esters is 1. The minimum absolute atomic E-state index is 0.105. The van der Waals surface area contributed by atoms with E-state index in [9.17, 15) is 14.7 Å². The van der Waals surface area contributed by atoms with Crippen LogP contribution in [0.2, 0.25) is 0 Å². The Hall–Kier alpha value is -3.54. The highest BCUT2D eigenvalue weighted by Crippen LogP contribution is 2.26. The molecule has 34 heavy (non-hydrogen) atoms. The molecule has 4 N–H and O–H groups in total. The van der Waals surface area contributed by atoms with Gasteiger partial charge in [0.15, 0.2) is 4.88 Å². The van der Waals surface area contributed by atoms with Gasteiger partial charge in [-0.15, -0.1) is 5.10 Å². The second-order valence-corrected chi connectivity index (χ2v) is 7.86. The van der Waals surface area contributed by atoms with Crippen molar-refractivity contribution < 1.29 is 28.9 Å². The standard InChI is InChI=1S/C23H26N4O6S/c1-2-31-23(30)21-20(26-27-34-21)15-3-7-19(8-4-15)33-14-17(28)13-25-11-12-32-18-9-5-16(6-10-18)22(24)29/h3-10,17,25,28H,2,11-14H2,1H3,(H2,24,29). The first kappa shape index (κ1) is 25.1. The van der Waals surface area contributed by atoms with E-state index in [1.807, 2.05) is 0 Å². The Kier molecular flexibility index (Phi) is 9.32. The van der Waals surface area contributed by atoms with Gasteiger partial charge in [0.1, 0.15) is 36.5 Å². The lowest BCUT2D eigenvalue weighted by atomic mass is 10.1. The zero-order valence-corrected chi connectivity index (χ0v) is 19.4. The smallest absolute Gasteiger partial charge is 0.352 e. The summed E-state index contributed by atoms with van der Waals surface area (Å²) in [4.78, 5) is 23.4. The van der Waals surface area contributed by atoms with Crippen LogP contribution in [0.4, 0.5) is 0 Å². The third-order valence-corrected chi connectivity index (χ3v) is 5.29. The van der Waals surface area contributed by atoms with Crippen LogP contribution < -0.4 is 20.5 Å². The van der Waals surface area contributed by atoms with Gasteiger partial charge in [0.2, 0.25) is 5.91 Å². The summed E-state index contributed by atoms with van der Waals surface area (Å²) in [6.07, 6.45) is -0.715. The predicted molar refractivity (Wildman–Crippen MR) is 126 cm³/mol. The minimum atomic E-state index is -0.715. The number of nitrogens with zero attached hydrogens (tertiary/aromatic N) is 2. The summed E-state index contributed by atoms with van der Waals surface area (Å²) < 4.78 is 20.1. The number of ether oxygens (including phenoxy) is 3. The van der Waals surface area contributed by atoms with E-state index in [0.29, 0.717) is 47.3 Å². The number of benzene rings is 2. The number of amides is 1. The van der Waals surface area contributed by atoms with Crippen molar-refractivity contribution in [1.82, 2.24) is 14.9 Å². The zero-order valence-electron chi connectivity index (χ0n) is 18.6. The first-order chi connectivity index (χ1) is 16.5. The van der Waals surface area contributed by atoms with Gasteiger partial charge in [0.25, 0.3) is 0 Å². The fourth-order valence-corrected chi connectivity index (χ4v) is 3.48. The molecule has 0 saturated carbocycles. The molecule has 180 valence electrons. The summed E-state index contributed by atoms with van der Waals surface area (Å²) in [6, 6.07) is 13.6. The van der Waals surface area contributed by atoms with Crippen LogP contribution in [-0.2, 0) is 4.74 Å². The van der Waals surface area contributed by atoms with E-state index in [2.05, 4.69) is 14.9 Å². The van der Waals surface area contributed by atoms with E-state index in [4.69, 9.17) is 19.9 Å². The number of primary amides is 1. The summed E-state index contributed by atoms with van der Waals surface area (Å²) in [6.45, 7) is 3.37. The maximum Gasteiger partial charge on any atom is 0.352 e. The SMILES string of the molecule is CCOC(=O)c1snnc1-c1ccc(OCC(O)CNCCOc2ccc(C(N)=O)cc2)cc1. The average Bonchev–Trinajstić information content (AvgIpc) is 3.33. The molecule has 0 radical (unpaired) electrons. The molecule has 1 atom stereocenters. The monoisotopic (exact) mass is 486 g/mol. The first-order valence-corrected chi connectivity index (χ1v) is 11.4. The molecule has 3 aromatic rings. The number of nitrogens with two attached hydrogens (primary N) is 1. The van der Waals surface area contributed by atoms with Gasteiger partial charge in [-0.1, -0.05) is 4.49 Å². The van der Waals surface area contributed by atoms with Crippen LogP contribution in [0.25, 0.3) is 11.3 Å². The summed E-state index contributed by atoms with van der Waals surface area (Å²) in [5.41, 5.74) is 6.80. The molecule has 1 amide bonds. The summed E-state index contributed by atoms with van der Waals surface area (Å²) in [5.74, 6) is 0.267. The molecule has 0 aliphatic rings. The summed E-state index contributed by atoms with van der Waals surface area (Å²) in [7, 11) is 0. The van der Waals surface area contributed by atoms with Crippen molar-refractivity contribution in [3.8, 4) is 22.8 Å². The molecular weight excluding hydrogens is 460 g/mol. The Morgan fingerprint density at radius 2 is 1.76 bits per heavy atom. The van der Waals surface area contributed by atoms with Crippen LogP contribution in [-0.4, -0.2) is 65.6 Å². The molecule has 0 aliphatic carbocycles. The van der Waals surface area contributed by atoms with Crippen molar-refractivity contribution in [2.75, 3.05) is 32.9 Å². The zero-order chi connectivity index (χ0) is 24.3. The largest absolute Gasteiger partial charge is 0.492 e. The Balaban J connectivity index is 1.36. The van der Waals surface area contributed by atoms with E-state index in [1.54, 1.807) is 55.5 Å². The second-order valence-electron chi connectivity index (χ2n) is 7.10. The molecule has 0 bridgehead atoms. The fraction of sp³-hybridized carbons (Fsp3) is 0.304. The van der Waals surface area contributed by atoms with Crippen molar-refractivity contribution in [2.45, 2.75) is 13.0 Å². The van der Waals surface area contributed by atoms with Gasteiger partial charge in [0.05, 0.1) is 6.61 Å². The number of aliphatic hydroxyl groups is 1. The molecule has 1 aromatic heterocycles. The minimum Gasteiger partial charge on any atom is -0.492 e. The van der Waals surface area contributed by atoms with Crippen LogP contribution in [0, 0.1) is 0 Å². The number of carbonyl (C=O) groups excluding carboxylic acids is 2. The van der Waals surface area contributed by atoms with Gasteiger partial charge in [-0.05, 0) is 67.0 Å². The van der Waals surface area contributed by atoms with Gasteiger partial charge >= 0.3 is 5.97 Å². The molecule has 3 rings (SSSR count). The third-order valence-electron chi connectivity index (χ3n) is 4.59. The normalized spacial score (nSPS) is 11.6. The van der Waals surface area contributed by atoms with E-state index in [1.165, 1.54) is 0 Å². The molecule has 0 spiro atoms. The molecule has 0 aliphatic heterocycles. The van der Waals surface area contributed by atoms with E-state index in [0.717, 1.165) is 17.1 Å². The highest BCUT2D eigenvalue weighted by atomic mass is 32.1. The van der Waals surface area contributed by atoms with Crippen LogP contribution in [0.1, 0.15) is 27.0 Å². The van der Waals surface area contributed by atoms with Crippen LogP contribution >= 0.6 is 11.5 Å². The molecule has 0 fully saturated rings. The van der Waals surface area contributed by atoms with Crippen molar-refractivity contribution in [3.63, 3.8) is 0 Å². The van der Waals surface area contributed by atoms with Gasteiger partial charge in [-0.2, -0.15) is 0 Å². The molecular formula is C23H26N4O6S. The number of aliphatic hydroxyl groups excluding tert-OH is 1. The number of rotatable bonds is 13. The Morgan fingerprint density at radius 3 is 2.44 bits per heavy atom. The molecule has 1 heterocycles. The van der Waals surface area contributed by atoms with Crippen LogP contribution in [0.15, 0.2) is 48.5 Å². The van der Waals surface area contributed by atoms with E-state index < -0.39 is 18.0 Å². The number of aromatic nitrogens is 2. The lowest BCUT2D eigenvalue weighted by Gasteiger charge is -2.14. The highest BCUT2D eigenvalue weighted by Gasteiger charge is 2.19. The van der Waals surface area contributed by atoms with Crippen molar-refractivity contribution in [2.24, 2.45) is 5.73 Å². The number of hydrogen-bond acceptors (Lipinski definition) is 10. The van der Waals surface area contributed by atoms with Gasteiger partial charge in [0, 0.05) is 24.2 Å². The third kappa shape index (κ3) is 7.24. The number of carbonyl (C=O) groups is 2. The molecule has 1 unspecified atom stereocenters. The molecule has 2 aromatic carbocycles. The quantitative estimate of drug-likeness (QED) is 0.243. The predicted octanol–water partition coefficient (Wildman–Crippen LogP) is 1.89. The van der Waals surface area contributed by atoms with Gasteiger partial charge in [-0.3, -0.25) is 4.79 Å². The maximum absolute atomic E-state index is 12.0. The Labute approximate surface area is 200 Å². The van der Waals surface area contributed by atoms with E-state index in [-0.39, 0.29) is 13.2 Å². The van der Waals surface area contributed by atoms with Crippen LogP contribution in [0.3, 0.4) is 0 Å². The average molecular weight is 487 g/mol. The lowest BCUT2D eigenvalue weighted by molar-refractivity contribution is 0.0532. The van der Waals surface area contributed by atoms with Crippen molar-refractivity contribution in [1.29, 1.82) is 0 Å². The maximum atomic E-state index is 12.0. The second kappa shape index (κ2) is 12.6. The van der Waals surface area contributed by atoms with E-state index >= 15 is 0 Å². The van der Waals surface area contributed by atoms with Crippen LogP contribution in [0.5, 0.6) is 11.5 Å². The van der Waals surface area contributed by atoms with Crippen molar-refractivity contribution >= 4 is 23.4 Å².